The van der Waals surface area contributed by atoms with Gasteiger partial charge in [-0.05, 0) is 12.8 Å². The summed E-state index contributed by atoms with van der Waals surface area (Å²) in [7, 11) is 0. The number of thioether (sulfide) groups is 1. The van der Waals surface area contributed by atoms with E-state index in [1.165, 1.54) is 0 Å². The molecule has 5 aliphatic heterocycles. The average molecular weight is 506 g/mol. The predicted octanol–water partition coefficient (Wildman–Crippen LogP) is 0.288. The van der Waals surface area contributed by atoms with Gasteiger partial charge in [-0.3, -0.25) is 19.3 Å². The summed E-state index contributed by atoms with van der Waals surface area (Å²) in [5, 5.41) is 9.92. The van der Waals surface area contributed by atoms with Crippen LogP contribution in [0.25, 0.3) is 0 Å². The average Bonchev–Trinajstić information content (AvgIpc) is 3.24. The van der Waals surface area contributed by atoms with Crippen molar-refractivity contribution in [3.63, 3.8) is 0 Å². The third-order valence-electron chi connectivity index (χ3n) is 8.01. The van der Waals surface area contributed by atoms with Gasteiger partial charge in [0.15, 0.2) is 0 Å². The quantitative estimate of drug-likeness (QED) is 0.406. The molecule has 0 aromatic heterocycles. The van der Waals surface area contributed by atoms with E-state index in [-0.39, 0.29) is 29.6 Å². The van der Waals surface area contributed by atoms with E-state index >= 15 is 0 Å². The van der Waals surface area contributed by atoms with E-state index in [9.17, 15) is 19.5 Å². The van der Waals surface area contributed by atoms with Crippen LogP contribution >= 0.6 is 11.8 Å². The van der Waals surface area contributed by atoms with Gasteiger partial charge in [-0.2, -0.15) is 0 Å². The number of aliphatic hydroxyl groups excluding tert-OH is 1. The zero-order valence-electron chi connectivity index (χ0n) is 20.2. The molecule has 35 heavy (non-hydrogen) atoms. The number of rotatable bonds is 6. The Bertz CT molecular complexity index is 902. The lowest BCUT2D eigenvalue weighted by Gasteiger charge is -2.38. The first-order valence-electron chi connectivity index (χ1n) is 12.7. The molecule has 5 rings (SSSR count). The number of cyclic esters (lactones) is 1. The largest absolute Gasteiger partial charge is 0.465 e. The first kappa shape index (κ1) is 24.8. The zero-order valence-corrected chi connectivity index (χ0v) is 21.0. The summed E-state index contributed by atoms with van der Waals surface area (Å²) in [6.07, 6.45) is 9.18. The second-order valence-corrected chi connectivity index (χ2v) is 11.3. The van der Waals surface area contributed by atoms with E-state index in [0.29, 0.717) is 45.8 Å². The number of nitrogens with zero attached hydrogens (tertiary/aromatic N) is 3. The van der Waals surface area contributed by atoms with E-state index in [4.69, 9.17) is 9.47 Å². The maximum atomic E-state index is 14.2. The number of carbonyl (C=O) groups excluding carboxylic acids is 3. The van der Waals surface area contributed by atoms with Crippen LogP contribution in [0.2, 0.25) is 0 Å². The fourth-order valence-electron chi connectivity index (χ4n) is 6.19. The van der Waals surface area contributed by atoms with Gasteiger partial charge in [0.25, 0.3) is 0 Å². The van der Waals surface area contributed by atoms with Crippen LogP contribution in [0, 0.1) is 11.8 Å². The van der Waals surface area contributed by atoms with Crippen molar-refractivity contribution in [2.24, 2.45) is 11.8 Å². The smallest absolute Gasteiger partial charge is 0.311 e. The summed E-state index contributed by atoms with van der Waals surface area (Å²) >= 11 is 1.54. The van der Waals surface area contributed by atoms with Crippen molar-refractivity contribution < 1.29 is 29.0 Å². The van der Waals surface area contributed by atoms with Crippen molar-refractivity contribution >= 4 is 29.5 Å². The number of hydrogen-bond acceptors (Lipinski definition) is 8. The van der Waals surface area contributed by atoms with Gasteiger partial charge in [0.1, 0.15) is 6.04 Å². The fourth-order valence-corrected chi connectivity index (χ4v) is 8.18. The highest BCUT2D eigenvalue weighted by molar-refractivity contribution is 8.02. The fraction of sp³-hybridized carbons (Fsp3) is 0.720. The molecule has 1 N–H and O–H groups in total. The van der Waals surface area contributed by atoms with Crippen molar-refractivity contribution in [2.75, 3.05) is 59.2 Å². The molecule has 0 radical (unpaired) electrons. The molecule has 5 aliphatic rings. The molecule has 3 fully saturated rings. The minimum Gasteiger partial charge on any atom is -0.465 e. The number of likely N-dealkylation sites (tertiary alicyclic amines) is 1. The van der Waals surface area contributed by atoms with Gasteiger partial charge in [-0.25, -0.2) is 0 Å². The molecule has 0 aromatic rings. The molecular weight excluding hydrogens is 470 g/mol. The summed E-state index contributed by atoms with van der Waals surface area (Å²) in [4.78, 5) is 47.0. The Morgan fingerprint density at radius 2 is 1.94 bits per heavy atom. The summed E-state index contributed by atoms with van der Waals surface area (Å²) < 4.78 is 10.1. The van der Waals surface area contributed by atoms with Gasteiger partial charge in [-0.1, -0.05) is 31.2 Å². The van der Waals surface area contributed by atoms with Crippen molar-refractivity contribution in [2.45, 2.75) is 41.8 Å². The van der Waals surface area contributed by atoms with Gasteiger partial charge in [-0.15, -0.1) is 11.8 Å². The molecule has 0 saturated carbocycles. The lowest BCUT2D eigenvalue weighted by molar-refractivity contribution is -0.153. The number of fused-ring (bicyclic) bond motifs is 2. The van der Waals surface area contributed by atoms with Gasteiger partial charge in [0.2, 0.25) is 11.8 Å². The Hall–Kier alpha value is -1.88. The molecule has 1 unspecified atom stereocenters. The van der Waals surface area contributed by atoms with Gasteiger partial charge in [0, 0.05) is 38.0 Å². The molecule has 192 valence electrons. The molecule has 1 spiro atoms. The summed E-state index contributed by atoms with van der Waals surface area (Å²) in [5.41, 5.74) is 0. The number of morpholine rings is 1. The van der Waals surface area contributed by atoms with Crippen LogP contribution in [-0.2, 0) is 23.9 Å². The van der Waals surface area contributed by atoms with Gasteiger partial charge in [0.05, 0.1) is 49.1 Å². The summed E-state index contributed by atoms with van der Waals surface area (Å²) in [6, 6.07) is -1.24. The topological polar surface area (TPSA) is 99.6 Å². The molecule has 5 heterocycles. The molecule has 10 heteroatoms. The van der Waals surface area contributed by atoms with Crippen LogP contribution in [0.1, 0.15) is 19.8 Å². The number of ether oxygens (including phenoxy) is 2. The number of aliphatic hydroxyl groups is 1. The molecule has 0 bridgehead atoms. The lowest BCUT2D eigenvalue weighted by Crippen LogP contribution is -2.57. The molecular formula is C25H35N3O6S. The van der Waals surface area contributed by atoms with Crippen LogP contribution in [0.5, 0.6) is 0 Å². The zero-order chi connectivity index (χ0) is 24.6. The lowest BCUT2D eigenvalue weighted by atomic mass is 9.78. The van der Waals surface area contributed by atoms with Crippen molar-refractivity contribution in [1.82, 2.24) is 14.7 Å². The van der Waals surface area contributed by atoms with Crippen LogP contribution < -0.4 is 0 Å². The molecule has 0 aliphatic carbocycles. The minimum atomic E-state index is -0.868. The Morgan fingerprint density at radius 1 is 1.14 bits per heavy atom. The predicted molar refractivity (Wildman–Crippen MR) is 131 cm³/mol. The number of amides is 2. The summed E-state index contributed by atoms with van der Waals surface area (Å²) in [6.45, 7) is 6.80. The van der Waals surface area contributed by atoms with Crippen LogP contribution in [0.4, 0.5) is 0 Å². The highest BCUT2D eigenvalue weighted by atomic mass is 32.2. The van der Waals surface area contributed by atoms with Crippen molar-refractivity contribution in [1.29, 1.82) is 0 Å². The van der Waals surface area contributed by atoms with Gasteiger partial charge < -0.3 is 24.4 Å². The van der Waals surface area contributed by atoms with E-state index in [2.05, 4.69) is 4.90 Å². The Balaban J connectivity index is 1.50. The number of hydrogen-bond donors (Lipinski definition) is 1. The summed E-state index contributed by atoms with van der Waals surface area (Å²) in [5.74, 6) is -2.04. The molecule has 3 saturated heterocycles. The number of esters is 1. The Labute approximate surface area is 210 Å². The molecule has 6 atom stereocenters. The standard InChI is InChI=1S/C25H35N3O6S/c1-2-17(16-29)28-21-23(31)27(10-9-26-11-14-33-15-12-26)8-5-7-25(21)20(22(28)30)19-18(35-25)6-3-4-13-34-24(19)32/h3,5-7,17-21,29H,2,4,8-16H2,1H3/t17-,18-,19+,20-,21?,25-/m0/s1. The van der Waals surface area contributed by atoms with Crippen LogP contribution in [0.15, 0.2) is 24.3 Å². The Morgan fingerprint density at radius 3 is 2.69 bits per heavy atom. The maximum Gasteiger partial charge on any atom is 0.311 e. The molecule has 2 amide bonds. The van der Waals surface area contributed by atoms with E-state index in [0.717, 1.165) is 19.6 Å². The van der Waals surface area contributed by atoms with Crippen LogP contribution in [0.3, 0.4) is 0 Å². The SMILES string of the molecule is CC[C@@H](CO)N1C(=O)[C@@H]2[C@@H]3C(=O)OCCC=C[C@@H]3S[C@@]23C=CCN(CCN2CCOCC2)C(=O)C13. The first-order valence-corrected chi connectivity index (χ1v) is 13.6. The van der Waals surface area contributed by atoms with Crippen LogP contribution in [-0.4, -0.2) is 119 Å². The Kier molecular flexibility index (Phi) is 7.25. The highest BCUT2D eigenvalue weighted by Crippen LogP contribution is 2.61. The van der Waals surface area contributed by atoms with Crippen molar-refractivity contribution in [3.05, 3.63) is 24.3 Å². The number of carbonyl (C=O) groups is 3. The van der Waals surface area contributed by atoms with Crippen molar-refractivity contribution in [3.8, 4) is 0 Å². The van der Waals surface area contributed by atoms with Gasteiger partial charge >= 0.3 is 5.97 Å². The minimum absolute atomic E-state index is 0.106. The normalized spacial score (nSPS) is 36.2. The third kappa shape index (κ3) is 4.22. The maximum absolute atomic E-state index is 14.2. The third-order valence-corrected chi connectivity index (χ3v) is 9.75. The second kappa shape index (κ2) is 10.2. The highest BCUT2D eigenvalue weighted by Gasteiger charge is 2.71. The first-order chi connectivity index (χ1) is 17.0. The monoisotopic (exact) mass is 505 g/mol. The molecule has 0 aromatic carbocycles. The van der Waals surface area contributed by atoms with E-state index < -0.39 is 28.7 Å². The molecule has 9 nitrogen and oxygen atoms in total. The second-order valence-electron chi connectivity index (χ2n) is 9.86. The van der Waals surface area contributed by atoms with E-state index in [1.54, 1.807) is 16.7 Å². The van der Waals surface area contributed by atoms with E-state index in [1.807, 2.05) is 36.1 Å².